The Morgan fingerprint density at radius 1 is 1.07 bits per heavy atom. The van der Waals surface area contributed by atoms with Gasteiger partial charge in [-0.1, -0.05) is 45.2 Å². The zero-order valence-corrected chi connectivity index (χ0v) is 17.7. The van der Waals surface area contributed by atoms with E-state index in [4.69, 9.17) is 0 Å². The molecule has 2 aliphatic heterocycles. The fourth-order valence-corrected chi connectivity index (χ4v) is 3.02. The van der Waals surface area contributed by atoms with Gasteiger partial charge in [0.1, 0.15) is 12.2 Å². The normalized spacial score (nSPS) is 28.6. The van der Waals surface area contributed by atoms with Crippen molar-refractivity contribution >= 4 is 10.1 Å². The molecule has 1 fully saturated rings. The second-order valence-electron chi connectivity index (χ2n) is 6.78. The zero-order chi connectivity index (χ0) is 21.7. The van der Waals surface area contributed by atoms with Crippen molar-refractivity contribution in [3.05, 3.63) is 43.0 Å². The third kappa shape index (κ3) is 11.9. The summed E-state index contributed by atoms with van der Waals surface area (Å²) in [4.78, 5) is 19.3. The summed E-state index contributed by atoms with van der Waals surface area (Å²) in [5.74, 6) is 0. The first-order chi connectivity index (χ1) is 13.2. The summed E-state index contributed by atoms with van der Waals surface area (Å²) in [6.07, 6.45) is 5.38. The Bertz CT molecular complexity index is 502. The second kappa shape index (κ2) is 15.1. The van der Waals surface area contributed by atoms with E-state index in [0.717, 1.165) is 19.3 Å². The molecule has 0 aliphatic carbocycles. The van der Waals surface area contributed by atoms with Crippen LogP contribution in [-0.2, 0) is 14.8 Å². The van der Waals surface area contributed by atoms with E-state index in [2.05, 4.69) is 35.6 Å². The molecule has 0 aromatic rings. The van der Waals surface area contributed by atoms with E-state index in [1.807, 2.05) is 26.0 Å². The van der Waals surface area contributed by atoms with Gasteiger partial charge in [0.15, 0.2) is 0 Å². The van der Waals surface area contributed by atoms with Crippen LogP contribution in [0.15, 0.2) is 12.2 Å². The van der Waals surface area contributed by atoms with E-state index >= 15 is 0 Å². The van der Waals surface area contributed by atoms with Crippen molar-refractivity contribution in [2.75, 3.05) is 13.1 Å². The number of hydrogen-bond donors (Lipinski definition) is 2. The Hall–Kier alpha value is -0.824. The van der Waals surface area contributed by atoms with E-state index in [1.165, 1.54) is 0 Å². The Kier molecular flexibility index (Phi) is 14.6. The first kappa shape index (κ1) is 27.2. The molecule has 12 heteroatoms. The van der Waals surface area contributed by atoms with Crippen molar-refractivity contribution < 1.29 is 34.9 Å². The number of hydrogen-bond acceptors (Lipinski definition) is 6. The average molecular weight is 467 g/mol. The van der Waals surface area contributed by atoms with Gasteiger partial charge < -0.3 is 20.8 Å². The van der Waals surface area contributed by atoms with Crippen LogP contribution >= 0.6 is 10.1 Å². The minimum atomic E-state index is -0.956. The van der Waals surface area contributed by atoms with Gasteiger partial charge in [0, 0.05) is 9.85 Å². The Labute approximate surface area is 177 Å². The molecule has 6 atom stereocenters. The summed E-state index contributed by atoms with van der Waals surface area (Å²) in [6, 6.07) is -0.250. The van der Waals surface area contributed by atoms with Crippen LogP contribution in [0.1, 0.15) is 39.5 Å². The Balaban J connectivity index is 0.000000478. The maximum atomic E-state index is 10.1. The van der Waals surface area contributed by atoms with Gasteiger partial charge >= 0.3 is 25.0 Å². The van der Waals surface area contributed by atoms with Crippen LogP contribution in [0.4, 0.5) is 0 Å². The molecule has 0 spiro atoms. The molecule has 0 bridgehead atoms. The molecule has 0 radical (unpaired) electrons. The molecule has 0 aromatic heterocycles. The van der Waals surface area contributed by atoms with Crippen LogP contribution in [0.3, 0.4) is 0 Å². The number of aliphatic hydroxyl groups is 2. The molecule has 164 valence electrons. The predicted molar refractivity (Wildman–Crippen MR) is 102 cm³/mol. The van der Waals surface area contributed by atoms with Crippen LogP contribution < -0.4 is 0 Å². The van der Waals surface area contributed by atoms with E-state index < -0.39 is 28.6 Å². The quantitative estimate of drug-likeness (QED) is 0.347. The molecular formula is C16H28ClCoN4O6. The first-order valence-corrected chi connectivity index (χ1v) is 10.4. The standard InChI is InChI=1S/C8H15N2O3.C8H13N2O3.ClH.Co/c2*1-6-3-2-4-7(9-6)8(11)5-10(12)13;;/h6-8,11H,2-5H2,1H3;2-3,6-8,11H,4-5H2,1H3;1H;/q2*-1;;+3/p-1. The number of rotatable bonds is 6. The average Bonchev–Trinajstić information content (AvgIpc) is 2.63. The third-order valence-corrected chi connectivity index (χ3v) is 4.35. The van der Waals surface area contributed by atoms with Gasteiger partial charge in [0.2, 0.25) is 13.1 Å². The molecule has 0 saturated carbocycles. The fourth-order valence-electron chi connectivity index (χ4n) is 3.02. The van der Waals surface area contributed by atoms with Gasteiger partial charge in [-0.25, -0.2) is 0 Å². The predicted octanol–water partition coefficient (Wildman–Crippen LogP) is 2.34. The first-order valence-electron chi connectivity index (χ1n) is 8.98. The van der Waals surface area contributed by atoms with Gasteiger partial charge in [0.05, 0.1) is 0 Å². The van der Waals surface area contributed by atoms with Crippen LogP contribution in [-0.4, -0.2) is 69.5 Å². The zero-order valence-electron chi connectivity index (χ0n) is 15.9. The van der Waals surface area contributed by atoms with Crippen molar-refractivity contribution in [3.63, 3.8) is 0 Å². The minimum absolute atomic E-state index is 0.0557. The monoisotopic (exact) mass is 466 g/mol. The molecule has 2 heterocycles. The molecule has 10 nitrogen and oxygen atoms in total. The van der Waals surface area contributed by atoms with Crippen molar-refractivity contribution in [2.24, 2.45) is 0 Å². The summed E-state index contributed by atoms with van der Waals surface area (Å²) < 4.78 is 0. The molecule has 6 unspecified atom stereocenters. The summed E-state index contributed by atoms with van der Waals surface area (Å²) in [7, 11) is 4.33. The fraction of sp³-hybridized carbons (Fsp3) is 0.875. The van der Waals surface area contributed by atoms with Crippen molar-refractivity contribution in [3.8, 4) is 0 Å². The number of nitro groups is 2. The molecule has 2 aliphatic rings. The third-order valence-electron chi connectivity index (χ3n) is 4.35. The molecular weight excluding hydrogens is 439 g/mol. The van der Waals surface area contributed by atoms with E-state index in [0.29, 0.717) is 6.42 Å². The molecule has 0 aromatic carbocycles. The number of halogens is 1. The Morgan fingerprint density at radius 3 is 2.07 bits per heavy atom. The van der Waals surface area contributed by atoms with Gasteiger partial charge in [0.25, 0.3) is 0 Å². The van der Waals surface area contributed by atoms with Crippen LogP contribution in [0.2, 0.25) is 0 Å². The van der Waals surface area contributed by atoms with Crippen LogP contribution in [0.25, 0.3) is 10.6 Å². The molecule has 0 amide bonds. The summed E-state index contributed by atoms with van der Waals surface area (Å²) in [5.41, 5.74) is 0. The number of piperidine rings is 1. The number of nitrogens with zero attached hydrogens (tertiary/aromatic N) is 4. The summed E-state index contributed by atoms with van der Waals surface area (Å²) >= 11 is 3.03. The van der Waals surface area contributed by atoms with Crippen LogP contribution in [0, 0.1) is 20.2 Å². The number of aliphatic hydroxyl groups excluding tert-OH is 2. The van der Waals surface area contributed by atoms with Gasteiger partial charge in [-0.3, -0.25) is 20.2 Å². The van der Waals surface area contributed by atoms with E-state index in [9.17, 15) is 30.4 Å². The van der Waals surface area contributed by atoms with Crippen molar-refractivity contribution in [1.29, 1.82) is 0 Å². The van der Waals surface area contributed by atoms with E-state index in [1.54, 1.807) is 0 Å². The van der Waals surface area contributed by atoms with E-state index in [-0.39, 0.29) is 30.7 Å². The summed E-state index contributed by atoms with van der Waals surface area (Å²) in [5, 5.41) is 47.6. The van der Waals surface area contributed by atoms with Crippen molar-refractivity contribution in [1.82, 2.24) is 0 Å². The summed E-state index contributed by atoms with van der Waals surface area (Å²) in [6.45, 7) is 3.06. The SMILES string of the molecule is CC1C=CCC(C(O)C[N+](=O)[O-])[N-]1.CC1CCCC(C(O)C[N+](=O)[O-])[N-]1.[Cl][Co+2]. The van der Waals surface area contributed by atoms with Crippen LogP contribution in [0.5, 0.6) is 0 Å². The van der Waals surface area contributed by atoms with Gasteiger partial charge in [-0.15, -0.1) is 24.2 Å². The van der Waals surface area contributed by atoms with Gasteiger partial charge in [-0.05, 0) is 6.42 Å². The van der Waals surface area contributed by atoms with Gasteiger partial charge in [-0.2, -0.15) is 0 Å². The molecule has 2 N–H and O–H groups in total. The molecule has 1 saturated heterocycles. The second-order valence-corrected chi connectivity index (χ2v) is 6.78. The topological polar surface area (TPSA) is 155 Å². The molecule has 28 heavy (non-hydrogen) atoms. The molecule has 2 rings (SSSR count). The van der Waals surface area contributed by atoms with Crippen molar-refractivity contribution in [2.45, 2.75) is 75.9 Å². The maximum absolute atomic E-state index is 10.1. The Morgan fingerprint density at radius 2 is 1.61 bits per heavy atom.